The van der Waals surface area contributed by atoms with Crippen LogP contribution in [-0.4, -0.2) is 53.2 Å². The molecule has 1 amide bonds. The van der Waals surface area contributed by atoms with Crippen molar-refractivity contribution in [1.29, 1.82) is 0 Å². The van der Waals surface area contributed by atoms with Crippen molar-refractivity contribution in [2.75, 3.05) is 13.1 Å². The predicted molar refractivity (Wildman–Crippen MR) is 92.3 cm³/mol. The van der Waals surface area contributed by atoms with Gasteiger partial charge < -0.3 is 14.0 Å². The van der Waals surface area contributed by atoms with E-state index in [1.54, 1.807) is 23.4 Å². The van der Waals surface area contributed by atoms with Gasteiger partial charge in [0.2, 0.25) is 0 Å². The van der Waals surface area contributed by atoms with Gasteiger partial charge in [-0.1, -0.05) is 0 Å². The molecule has 0 radical (unpaired) electrons. The van der Waals surface area contributed by atoms with Crippen molar-refractivity contribution in [2.24, 2.45) is 7.05 Å². The molecule has 0 spiro atoms. The number of carbonyl (C=O) groups is 1. The summed E-state index contributed by atoms with van der Waals surface area (Å²) in [6.07, 6.45) is 7.40. The molecule has 0 unspecified atom stereocenters. The third-order valence-corrected chi connectivity index (χ3v) is 5.19. The summed E-state index contributed by atoms with van der Waals surface area (Å²) in [7, 11) is 1.99. The first-order valence-electron chi connectivity index (χ1n) is 8.23. The lowest BCUT2D eigenvalue weighted by Gasteiger charge is -2.31. The van der Waals surface area contributed by atoms with Gasteiger partial charge in [-0.15, -0.1) is 21.5 Å². The van der Waals surface area contributed by atoms with E-state index < -0.39 is 0 Å². The molecular weight excluding hydrogens is 338 g/mol. The van der Waals surface area contributed by atoms with E-state index in [0.717, 1.165) is 31.0 Å². The summed E-state index contributed by atoms with van der Waals surface area (Å²) < 4.78 is 4.01. The fourth-order valence-corrected chi connectivity index (χ4v) is 3.79. The SMILES string of the molecule is Cn1c(Cn2ccnc2)nnc1[C@H]1CCCN(C(=O)c2cscn2)C1. The monoisotopic (exact) mass is 357 g/mol. The first kappa shape index (κ1) is 15.9. The van der Waals surface area contributed by atoms with Crippen LogP contribution < -0.4 is 0 Å². The van der Waals surface area contributed by atoms with Crippen molar-refractivity contribution in [3.8, 4) is 0 Å². The van der Waals surface area contributed by atoms with Crippen molar-refractivity contribution in [1.82, 2.24) is 34.2 Å². The topological polar surface area (TPSA) is 81.7 Å². The van der Waals surface area contributed by atoms with Crippen LogP contribution in [0.2, 0.25) is 0 Å². The smallest absolute Gasteiger partial charge is 0.273 e. The minimum Gasteiger partial charge on any atom is -0.337 e. The van der Waals surface area contributed by atoms with Crippen LogP contribution in [0.25, 0.3) is 0 Å². The summed E-state index contributed by atoms with van der Waals surface area (Å²) in [5.41, 5.74) is 2.23. The van der Waals surface area contributed by atoms with Gasteiger partial charge in [0.15, 0.2) is 5.82 Å². The molecule has 3 aromatic rings. The molecule has 4 rings (SSSR count). The average Bonchev–Trinajstić information content (AvgIpc) is 3.38. The Balaban J connectivity index is 1.50. The fourth-order valence-electron chi connectivity index (χ4n) is 3.26. The minimum absolute atomic E-state index is 0.00626. The van der Waals surface area contributed by atoms with E-state index in [9.17, 15) is 4.79 Å². The van der Waals surface area contributed by atoms with E-state index in [-0.39, 0.29) is 11.8 Å². The minimum atomic E-state index is 0.00626. The predicted octanol–water partition coefficient (Wildman–Crippen LogP) is 1.54. The molecule has 9 heteroatoms. The second kappa shape index (κ2) is 6.75. The zero-order chi connectivity index (χ0) is 17.2. The Morgan fingerprint density at radius 3 is 3.08 bits per heavy atom. The highest BCUT2D eigenvalue weighted by atomic mass is 32.1. The quantitative estimate of drug-likeness (QED) is 0.707. The number of hydrogen-bond donors (Lipinski definition) is 0. The van der Waals surface area contributed by atoms with Gasteiger partial charge in [0, 0.05) is 43.8 Å². The van der Waals surface area contributed by atoms with Crippen LogP contribution in [0, 0.1) is 0 Å². The molecule has 0 aliphatic carbocycles. The summed E-state index contributed by atoms with van der Waals surface area (Å²) >= 11 is 1.44. The molecule has 0 bridgehead atoms. The maximum Gasteiger partial charge on any atom is 0.273 e. The molecule has 0 aromatic carbocycles. The molecule has 0 N–H and O–H groups in total. The molecule has 0 saturated carbocycles. The molecule has 1 saturated heterocycles. The molecule has 1 fully saturated rings. The third-order valence-electron chi connectivity index (χ3n) is 4.61. The van der Waals surface area contributed by atoms with Gasteiger partial charge in [-0.3, -0.25) is 4.79 Å². The molecule has 1 aliphatic heterocycles. The molecule has 8 nitrogen and oxygen atoms in total. The lowest BCUT2D eigenvalue weighted by molar-refractivity contribution is 0.0698. The molecule has 25 heavy (non-hydrogen) atoms. The van der Waals surface area contributed by atoms with Crippen molar-refractivity contribution in [3.05, 3.63) is 47.0 Å². The molecule has 1 aliphatic rings. The highest BCUT2D eigenvalue weighted by Crippen LogP contribution is 2.26. The van der Waals surface area contributed by atoms with Gasteiger partial charge in [0.05, 0.1) is 18.4 Å². The number of likely N-dealkylation sites (tertiary alicyclic amines) is 1. The maximum atomic E-state index is 12.6. The Labute approximate surface area is 149 Å². The van der Waals surface area contributed by atoms with E-state index in [0.29, 0.717) is 18.8 Å². The van der Waals surface area contributed by atoms with Gasteiger partial charge in [-0.05, 0) is 12.8 Å². The maximum absolute atomic E-state index is 12.6. The first-order chi connectivity index (χ1) is 12.2. The van der Waals surface area contributed by atoms with Gasteiger partial charge in [-0.25, -0.2) is 9.97 Å². The van der Waals surface area contributed by atoms with Crippen molar-refractivity contribution in [3.63, 3.8) is 0 Å². The summed E-state index contributed by atoms with van der Waals surface area (Å²) in [6.45, 7) is 2.07. The Morgan fingerprint density at radius 2 is 2.32 bits per heavy atom. The Kier molecular flexibility index (Phi) is 4.31. The van der Waals surface area contributed by atoms with Crippen LogP contribution in [0.3, 0.4) is 0 Å². The van der Waals surface area contributed by atoms with Crippen LogP contribution in [0.5, 0.6) is 0 Å². The number of carbonyl (C=O) groups excluding carboxylic acids is 1. The summed E-state index contributed by atoms with van der Waals surface area (Å²) in [6, 6.07) is 0. The second-order valence-electron chi connectivity index (χ2n) is 6.23. The number of nitrogens with zero attached hydrogens (tertiary/aromatic N) is 7. The molecule has 4 heterocycles. The zero-order valence-corrected chi connectivity index (χ0v) is 14.8. The highest BCUT2D eigenvalue weighted by molar-refractivity contribution is 7.07. The van der Waals surface area contributed by atoms with Crippen LogP contribution in [0.4, 0.5) is 0 Å². The molecule has 1 atom stereocenters. The van der Waals surface area contributed by atoms with Crippen LogP contribution in [-0.2, 0) is 13.6 Å². The Morgan fingerprint density at radius 1 is 1.40 bits per heavy atom. The lowest BCUT2D eigenvalue weighted by Crippen LogP contribution is -2.39. The highest BCUT2D eigenvalue weighted by Gasteiger charge is 2.29. The summed E-state index contributed by atoms with van der Waals surface area (Å²) in [4.78, 5) is 22.6. The van der Waals surface area contributed by atoms with E-state index in [1.807, 2.05) is 27.3 Å². The lowest BCUT2D eigenvalue weighted by atomic mass is 9.97. The van der Waals surface area contributed by atoms with E-state index in [2.05, 4.69) is 20.2 Å². The van der Waals surface area contributed by atoms with E-state index in [4.69, 9.17) is 0 Å². The standard InChI is InChI=1S/C16H19N7OS/c1-21-14(8-22-6-4-17-10-22)19-20-15(21)12-3-2-5-23(7-12)16(24)13-9-25-11-18-13/h4,6,9-12H,2-3,5,7-8H2,1H3/t12-/m0/s1. The van der Waals surface area contributed by atoms with Gasteiger partial charge >= 0.3 is 0 Å². The summed E-state index contributed by atoms with van der Waals surface area (Å²) in [5, 5.41) is 10.5. The molecule has 130 valence electrons. The van der Waals surface area contributed by atoms with Crippen molar-refractivity contribution < 1.29 is 4.79 Å². The van der Waals surface area contributed by atoms with E-state index in [1.165, 1.54) is 11.3 Å². The number of hydrogen-bond acceptors (Lipinski definition) is 6. The van der Waals surface area contributed by atoms with Crippen LogP contribution >= 0.6 is 11.3 Å². The number of aromatic nitrogens is 6. The normalized spacial score (nSPS) is 17.8. The number of amides is 1. The second-order valence-corrected chi connectivity index (χ2v) is 6.95. The van der Waals surface area contributed by atoms with Crippen molar-refractivity contribution >= 4 is 17.2 Å². The number of piperidine rings is 1. The van der Waals surface area contributed by atoms with Gasteiger partial charge in [0.25, 0.3) is 5.91 Å². The average molecular weight is 357 g/mol. The van der Waals surface area contributed by atoms with Crippen LogP contribution in [0.1, 0.15) is 40.9 Å². The van der Waals surface area contributed by atoms with Crippen molar-refractivity contribution in [2.45, 2.75) is 25.3 Å². The molecule has 3 aromatic heterocycles. The largest absolute Gasteiger partial charge is 0.337 e. The van der Waals surface area contributed by atoms with Crippen LogP contribution in [0.15, 0.2) is 29.6 Å². The van der Waals surface area contributed by atoms with Gasteiger partial charge in [0.1, 0.15) is 11.5 Å². The number of rotatable bonds is 4. The van der Waals surface area contributed by atoms with Gasteiger partial charge in [-0.2, -0.15) is 0 Å². The number of imidazole rings is 1. The first-order valence-corrected chi connectivity index (χ1v) is 9.18. The fraction of sp³-hybridized carbons (Fsp3) is 0.438. The third kappa shape index (κ3) is 3.19. The Hall–Kier alpha value is -2.55. The summed E-state index contributed by atoms with van der Waals surface area (Å²) in [5.74, 6) is 2.03. The van der Waals surface area contributed by atoms with E-state index >= 15 is 0 Å². The number of thiazole rings is 1. The Bertz CT molecular complexity index is 840. The molecular formula is C16H19N7OS. The zero-order valence-electron chi connectivity index (χ0n) is 13.9.